The van der Waals surface area contributed by atoms with E-state index in [1.165, 1.54) is 0 Å². The zero-order valence-electron chi connectivity index (χ0n) is 26.6. The van der Waals surface area contributed by atoms with Crippen LogP contribution in [0.25, 0.3) is 10.4 Å². The van der Waals surface area contributed by atoms with Gasteiger partial charge in [-0.2, -0.15) is 0 Å². The van der Waals surface area contributed by atoms with Crippen LogP contribution in [0.2, 0.25) is 0 Å². The van der Waals surface area contributed by atoms with Gasteiger partial charge in [-0.15, -0.1) is 0 Å². The Morgan fingerprint density at radius 3 is 1.83 bits per heavy atom. The molecular formula is C30H54N4O8. The van der Waals surface area contributed by atoms with E-state index in [2.05, 4.69) is 37.7 Å². The summed E-state index contributed by atoms with van der Waals surface area (Å²) in [4.78, 5) is 44.7. The minimum absolute atomic E-state index is 0.0162. The first-order valence-electron chi connectivity index (χ1n) is 15.0. The van der Waals surface area contributed by atoms with Gasteiger partial charge in [-0.25, -0.2) is 0 Å². The Balaban J connectivity index is 0.000000539. The number of carboxylic acid groups (broad SMARTS) is 2. The average molecular weight is 599 g/mol. The number of carbonyl (C=O) groups is 4. The van der Waals surface area contributed by atoms with Crippen LogP contribution in [-0.4, -0.2) is 60.4 Å². The Kier molecular flexibility index (Phi) is 18.8. The summed E-state index contributed by atoms with van der Waals surface area (Å²) in [7, 11) is 0. The summed E-state index contributed by atoms with van der Waals surface area (Å²) in [6.45, 7) is 16.6. The second-order valence-corrected chi connectivity index (χ2v) is 13.1. The molecule has 12 nitrogen and oxygen atoms in total. The van der Waals surface area contributed by atoms with Gasteiger partial charge in [-0.05, 0) is 74.3 Å². The number of nitrogens with two attached hydrogens (primary N) is 1. The third-order valence-corrected chi connectivity index (χ3v) is 7.31. The minimum Gasteiger partial charge on any atom is -0.481 e. The highest BCUT2D eigenvalue weighted by molar-refractivity contribution is 5.82. The molecule has 3 rings (SSSR count). The topological polar surface area (TPSA) is 202 Å². The van der Waals surface area contributed by atoms with E-state index in [1.807, 2.05) is 20.8 Å². The molecule has 1 saturated carbocycles. The number of rotatable bonds is 13. The Hall–Kier alpha value is -2.85. The summed E-state index contributed by atoms with van der Waals surface area (Å²) >= 11 is 0. The van der Waals surface area contributed by atoms with Crippen LogP contribution < -0.4 is 5.73 Å². The predicted molar refractivity (Wildman–Crippen MR) is 159 cm³/mol. The lowest BCUT2D eigenvalue weighted by molar-refractivity contribution is -0.144. The number of fused-ring (bicyclic) bond motifs is 1. The SMILES string of the molecule is CC(C)C[C@@H]1COC(=O)C1.CC(C)C[C@H](CN)CC(=O)O.CC(C)C[C@H](CN=[N+]=[N-])CC(=O)O.C[C@@]12C[C@@H]1COC2=O. The molecule has 0 aromatic carbocycles. The lowest BCUT2D eigenvalue weighted by atomic mass is 9.94. The largest absolute Gasteiger partial charge is 0.481 e. The van der Waals surface area contributed by atoms with E-state index in [1.54, 1.807) is 0 Å². The molecule has 3 aliphatic rings. The molecule has 5 atom stereocenters. The molecule has 0 aromatic heterocycles. The van der Waals surface area contributed by atoms with Crippen LogP contribution in [0.5, 0.6) is 0 Å². The van der Waals surface area contributed by atoms with Gasteiger partial charge in [0.2, 0.25) is 0 Å². The lowest BCUT2D eigenvalue weighted by Crippen LogP contribution is -2.19. The molecule has 0 aromatic rings. The number of hydrogen-bond donors (Lipinski definition) is 3. The van der Waals surface area contributed by atoms with Crippen LogP contribution in [-0.2, 0) is 28.7 Å². The van der Waals surface area contributed by atoms with Crippen LogP contribution in [0, 0.1) is 46.8 Å². The fourth-order valence-corrected chi connectivity index (χ4v) is 5.13. The number of azide groups is 1. The molecule has 3 fully saturated rings. The molecule has 0 radical (unpaired) electrons. The normalized spacial score (nSPS) is 23.0. The third-order valence-electron chi connectivity index (χ3n) is 7.31. The number of cyclic esters (lactones) is 2. The van der Waals surface area contributed by atoms with Crippen LogP contribution in [0.15, 0.2) is 5.11 Å². The van der Waals surface area contributed by atoms with Gasteiger partial charge in [0.05, 0.1) is 25.0 Å². The van der Waals surface area contributed by atoms with Crippen molar-refractivity contribution in [2.45, 2.75) is 93.4 Å². The van der Waals surface area contributed by atoms with Gasteiger partial charge in [0.1, 0.15) is 0 Å². The van der Waals surface area contributed by atoms with Crippen molar-refractivity contribution < 1.29 is 38.9 Å². The van der Waals surface area contributed by atoms with E-state index < -0.39 is 11.9 Å². The molecular weight excluding hydrogens is 544 g/mol. The van der Waals surface area contributed by atoms with Gasteiger partial charge < -0.3 is 25.4 Å². The molecule has 1 aliphatic carbocycles. The van der Waals surface area contributed by atoms with Gasteiger partial charge in [-0.3, -0.25) is 19.2 Å². The van der Waals surface area contributed by atoms with E-state index in [4.69, 9.17) is 31.0 Å². The fraction of sp³-hybridized carbons (Fsp3) is 0.867. The molecule has 0 spiro atoms. The molecule has 242 valence electrons. The van der Waals surface area contributed by atoms with Gasteiger partial charge >= 0.3 is 23.9 Å². The number of aliphatic carboxylic acids is 2. The van der Waals surface area contributed by atoms with Crippen molar-refractivity contribution in [2.75, 3.05) is 26.3 Å². The highest BCUT2D eigenvalue weighted by Gasteiger charge is 2.62. The average Bonchev–Trinajstić information content (AvgIpc) is 3.23. The zero-order chi connectivity index (χ0) is 32.5. The van der Waals surface area contributed by atoms with E-state index in [-0.39, 0.29) is 48.6 Å². The molecule has 0 unspecified atom stereocenters. The molecule has 2 aliphatic heterocycles. The number of carbonyl (C=O) groups excluding carboxylic acids is 2. The quantitative estimate of drug-likeness (QED) is 0.103. The standard InChI is InChI=1S/C8H15N3O2.C8H17NO2.C8H14O2.C6H8O2/c1-6(2)3-7(4-8(12)13)5-10-11-9;1-6(2)3-7(5-9)4-8(10)11;1-6(2)3-7-4-8(9)10-5-7;1-6-2-4(6)3-8-5(6)7/h6-7H,3-5H2,1-2H3,(H,12,13);6-7H,3-5,9H2,1-2H3,(H,10,11);6-7H,3-5H2,1-2H3;4H,2-3H2,1H3/t3*7-;4-,6-/m0001/s1. The molecule has 42 heavy (non-hydrogen) atoms. The molecule has 0 amide bonds. The molecule has 0 bridgehead atoms. The van der Waals surface area contributed by atoms with Crippen molar-refractivity contribution in [3.63, 3.8) is 0 Å². The number of hydrogen-bond acceptors (Lipinski definition) is 8. The van der Waals surface area contributed by atoms with Crippen molar-refractivity contribution >= 4 is 23.9 Å². The van der Waals surface area contributed by atoms with Crippen LogP contribution in [0.1, 0.15) is 93.4 Å². The first kappa shape index (κ1) is 39.1. The number of esters is 2. The van der Waals surface area contributed by atoms with Crippen molar-refractivity contribution in [1.82, 2.24) is 0 Å². The highest BCUT2D eigenvalue weighted by Crippen LogP contribution is 2.57. The zero-order valence-corrected chi connectivity index (χ0v) is 26.6. The monoisotopic (exact) mass is 598 g/mol. The van der Waals surface area contributed by atoms with Gasteiger partial charge in [0, 0.05) is 36.1 Å². The van der Waals surface area contributed by atoms with Crippen molar-refractivity contribution in [2.24, 2.45) is 57.7 Å². The summed E-state index contributed by atoms with van der Waals surface area (Å²) in [5, 5.41) is 20.4. The lowest BCUT2D eigenvalue weighted by Gasteiger charge is -2.13. The molecule has 2 saturated heterocycles. The second kappa shape index (κ2) is 20.1. The number of nitrogens with zero attached hydrogens (tertiary/aromatic N) is 3. The first-order chi connectivity index (χ1) is 19.5. The highest BCUT2D eigenvalue weighted by atomic mass is 16.5. The summed E-state index contributed by atoms with van der Waals surface area (Å²) in [6.07, 6.45) is 4.79. The van der Waals surface area contributed by atoms with E-state index in [0.717, 1.165) is 25.7 Å². The maximum atomic E-state index is 10.7. The van der Waals surface area contributed by atoms with Crippen molar-refractivity contribution in [1.29, 1.82) is 0 Å². The molecule has 2 heterocycles. The van der Waals surface area contributed by atoms with Gasteiger partial charge in [0.15, 0.2) is 0 Å². The summed E-state index contributed by atoms with van der Waals surface area (Å²) in [6, 6.07) is 0. The van der Waals surface area contributed by atoms with E-state index in [9.17, 15) is 19.2 Å². The first-order valence-corrected chi connectivity index (χ1v) is 15.0. The van der Waals surface area contributed by atoms with Crippen LogP contribution >= 0.6 is 0 Å². The molecule has 12 heteroatoms. The van der Waals surface area contributed by atoms with Crippen LogP contribution in [0.3, 0.4) is 0 Å². The Labute approximate surface area is 250 Å². The smallest absolute Gasteiger partial charge is 0.312 e. The number of carboxylic acids is 2. The Bertz CT molecular complexity index is 898. The molecule has 4 N–H and O–H groups in total. The third kappa shape index (κ3) is 17.9. The van der Waals surface area contributed by atoms with Gasteiger partial charge in [0.25, 0.3) is 0 Å². The Morgan fingerprint density at radius 1 is 0.976 bits per heavy atom. The maximum Gasteiger partial charge on any atom is 0.312 e. The summed E-state index contributed by atoms with van der Waals surface area (Å²) < 4.78 is 9.61. The maximum absolute atomic E-state index is 10.7. The minimum atomic E-state index is -0.834. The van der Waals surface area contributed by atoms with Crippen molar-refractivity contribution in [3.8, 4) is 0 Å². The van der Waals surface area contributed by atoms with Crippen LogP contribution in [0.4, 0.5) is 0 Å². The fourth-order valence-electron chi connectivity index (χ4n) is 5.13. The van der Waals surface area contributed by atoms with E-state index >= 15 is 0 Å². The summed E-state index contributed by atoms with van der Waals surface area (Å²) in [5.41, 5.74) is 13.5. The Morgan fingerprint density at radius 2 is 1.52 bits per heavy atom. The summed E-state index contributed by atoms with van der Waals surface area (Å²) in [5.74, 6) is 1.22. The van der Waals surface area contributed by atoms with Crippen molar-refractivity contribution in [3.05, 3.63) is 10.4 Å². The predicted octanol–water partition coefficient (Wildman–Crippen LogP) is 5.68. The van der Waals surface area contributed by atoms with E-state index in [0.29, 0.717) is 55.8 Å². The second-order valence-electron chi connectivity index (χ2n) is 13.1. The van der Waals surface area contributed by atoms with Gasteiger partial charge in [-0.1, -0.05) is 46.7 Å². The number of ether oxygens (including phenoxy) is 2.